The zero-order valence-corrected chi connectivity index (χ0v) is 14.1. The fourth-order valence-corrected chi connectivity index (χ4v) is 4.48. The normalized spacial score (nSPS) is 11.1. The van der Waals surface area contributed by atoms with Crippen LogP contribution in [0.4, 0.5) is 0 Å². The number of rotatable bonds is 5. The first-order valence-electron chi connectivity index (χ1n) is 7.41. The molecule has 0 N–H and O–H groups in total. The Morgan fingerprint density at radius 3 is 2.70 bits per heavy atom. The van der Waals surface area contributed by atoms with Gasteiger partial charge in [-0.1, -0.05) is 54.2 Å². The minimum Gasteiger partial charge on any atom is -0.330 e. The third kappa shape index (κ3) is 3.30. The van der Waals surface area contributed by atoms with Gasteiger partial charge in [-0.3, -0.25) is 0 Å². The summed E-state index contributed by atoms with van der Waals surface area (Å²) in [5, 5.41) is 0. The summed E-state index contributed by atoms with van der Waals surface area (Å²) in [4.78, 5) is 9.17. The molecule has 0 aliphatic carbocycles. The van der Waals surface area contributed by atoms with E-state index in [2.05, 4.69) is 57.0 Å². The number of aromatic nitrogens is 3. The molecular formula is C18H15N3S2. The van der Waals surface area contributed by atoms with Gasteiger partial charge in [0.15, 0.2) is 4.34 Å². The molecule has 3 nitrogen and oxygen atoms in total. The Labute approximate surface area is 143 Å². The summed E-state index contributed by atoms with van der Waals surface area (Å²) in [6.07, 6.45) is 3.92. The lowest BCUT2D eigenvalue weighted by atomic mass is 10.2. The molecule has 0 aliphatic rings. The number of benzene rings is 2. The molecule has 0 fully saturated rings. The van der Waals surface area contributed by atoms with Crippen LogP contribution < -0.4 is 0 Å². The first kappa shape index (κ1) is 14.5. The van der Waals surface area contributed by atoms with E-state index in [9.17, 15) is 0 Å². The minimum atomic E-state index is 0.833. The SMILES string of the molecule is c1ccc(Cn2ccnc2CSc2nc3ccccc3s2)cc1. The predicted molar refractivity (Wildman–Crippen MR) is 97.0 cm³/mol. The Balaban J connectivity index is 1.48. The molecule has 0 saturated carbocycles. The molecule has 114 valence electrons. The second kappa shape index (κ2) is 6.56. The molecule has 23 heavy (non-hydrogen) atoms. The van der Waals surface area contributed by atoms with Crippen molar-refractivity contribution in [2.75, 3.05) is 0 Å². The number of nitrogens with zero attached hydrogens (tertiary/aromatic N) is 3. The molecule has 0 amide bonds. The summed E-state index contributed by atoms with van der Waals surface area (Å²) in [7, 11) is 0. The summed E-state index contributed by atoms with van der Waals surface area (Å²) in [5.74, 6) is 1.91. The van der Waals surface area contributed by atoms with Crippen molar-refractivity contribution >= 4 is 33.3 Å². The van der Waals surface area contributed by atoms with Gasteiger partial charge in [0.25, 0.3) is 0 Å². The molecule has 0 atom stereocenters. The fraction of sp³-hybridized carbons (Fsp3) is 0.111. The van der Waals surface area contributed by atoms with Gasteiger partial charge in [0.05, 0.1) is 16.0 Å². The van der Waals surface area contributed by atoms with E-state index in [1.807, 2.05) is 24.5 Å². The van der Waals surface area contributed by atoms with Crippen molar-refractivity contribution in [2.45, 2.75) is 16.6 Å². The van der Waals surface area contributed by atoms with Gasteiger partial charge in [0.1, 0.15) is 5.82 Å². The molecule has 4 rings (SSSR count). The highest BCUT2D eigenvalue weighted by Gasteiger charge is 2.08. The zero-order valence-electron chi connectivity index (χ0n) is 12.4. The maximum atomic E-state index is 4.67. The van der Waals surface area contributed by atoms with E-state index in [1.165, 1.54) is 10.3 Å². The van der Waals surface area contributed by atoms with Crippen LogP contribution in [0.25, 0.3) is 10.2 Å². The molecule has 2 aromatic carbocycles. The molecule has 0 radical (unpaired) electrons. The third-order valence-electron chi connectivity index (χ3n) is 3.60. The maximum Gasteiger partial charge on any atom is 0.151 e. The number of thiazole rings is 1. The van der Waals surface area contributed by atoms with Crippen LogP contribution in [0.1, 0.15) is 11.4 Å². The summed E-state index contributed by atoms with van der Waals surface area (Å²) in [6, 6.07) is 18.7. The van der Waals surface area contributed by atoms with Gasteiger partial charge in [0.2, 0.25) is 0 Å². The number of para-hydroxylation sites is 1. The molecule has 5 heteroatoms. The average molecular weight is 337 g/mol. The van der Waals surface area contributed by atoms with Gasteiger partial charge in [-0.25, -0.2) is 9.97 Å². The molecule has 0 bridgehead atoms. The lowest BCUT2D eigenvalue weighted by molar-refractivity contribution is 0.756. The first-order chi connectivity index (χ1) is 11.4. The highest BCUT2D eigenvalue weighted by Crippen LogP contribution is 2.31. The van der Waals surface area contributed by atoms with Crippen LogP contribution >= 0.6 is 23.1 Å². The second-order valence-electron chi connectivity index (χ2n) is 5.19. The average Bonchev–Trinajstić information content (AvgIpc) is 3.20. The van der Waals surface area contributed by atoms with Crippen molar-refractivity contribution in [2.24, 2.45) is 0 Å². The Morgan fingerprint density at radius 1 is 1.00 bits per heavy atom. The maximum absolute atomic E-state index is 4.67. The largest absolute Gasteiger partial charge is 0.330 e. The second-order valence-corrected chi connectivity index (χ2v) is 7.45. The topological polar surface area (TPSA) is 30.7 Å². The van der Waals surface area contributed by atoms with E-state index in [4.69, 9.17) is 0 Å². The standard InChI is InChI=1S/C18H15N3S2/c1-2-6-14(7-3-1)12-21-11-10-19-17(21)13-22-18-20-15-8-4-5-9-16(15)23-18/h1-11H,12-13H2. The van der Waals surface area contributed by atoms with Crippen LogP contribution in [0.3, 0.4) is 0 Å². The summed E-state index contributed by atoms with van der Waals surface area (Å²) >= 11 is 3.50. The van der Waals surface area contributed by atoms with Gasteiger partial charge in [-0.05, 0) is 17.7 Å². The highest BCUT2D eigenvalue weighted by molar-refractivity contribution is 8.00. The van der Waals surface area contributed by atoms with E-state index in [0.717, 1.165) is 28.0 Å². The van der Waals surface area contributed by atoms with Crippen molar-refractivity contribution in [3.8, 4) is 0 Å². The van der Waals surface area contributed by atoms with E-state index in [1.54, 1.807) is 23.1 Å². The quantitative estimate of drug-likeness (QED) is 0.489. The molecule has 0 saturated heterocycles. The van der Waals surface area contributed by atoms with Crippen LogP contribution in [0.5, 0.6) is 0 Å². The van der Waals surface area contributed by atoms with Gasteiger partial charge >= 0.3 is 0 Å². The number of hydrogen-bond donors (Lipinski definition) is 0. The Bertz CT molecular complexity index is 879. The van der Waals surface area contributed by atoms with Crippen LogP contribution in [-0.4, -0.2) is 14.5 Å². The van der Waals surface area contributed by atoms with Gasteiger partial charge in [-0.15, -0.1) is 11.3 Å². The third-order valence-corrected chi connectivity index (χ3v) is 5.77. The molecule has 2 aromatic heterocycles. The lowest BCUT2D eigenvalue weighted by Crippen LogP contribution is -2.03. The molecule has 0 unspecified atom stereocenters. The van der Waals surface area contributed by atoms with E-state index >= 15 is 0 Å². The Morgan fingerprint density at radius 2 is 1.83 bits per heavy atom. The number of hydrogen-bond acceptors (Lipinski definition) is 4. The Kier molecular flexibility index (Phi) is 4.13. The van der Waals surface area contributed by atoms with Crippen LogP contribution in [0.15, 0.2) is 71.3 Å². The molecule has 4 aromatic rings. The van der Waals surface area contributed by atoms with Gasteiger partial charge in [-0.2, -0.15) is 0 Å². The van der Waals surface area contributed by atoms with Crippen LogP contribution in [0.2, 0.25) is 0 Å². The minimum absolute atomic E-state index is 0.833. The summed E-state index contributed by atoms with van der Waals surface area (Å²) < 4.78 is 4.54. The van der Waals surface area contributed by atoms with E-state index in [0.29, 0.717) is 0 Å². The zero-order chi connectivity index (χ0) is 15.5. The van der Waals surface area contributed by atoms with Crippen molar-refractivity contribution < 1.29 is 0 Å². The van der Waals surface area contributed by atoms with Crippen molar-refractivity contribution in [1.29, 1.82) is 0 Å². The summed E-state index contributed by atoms with van der Waals surface area (Å²) in [5.41, 5.74) is 2.37. The van der Waals surface area contributed by atoms with E-state index in [-0.39, 0.29) is 0 Å². The highest BCUT2D eigenvalue weighted by atomic mass is 32.2. The van der Waals surface area contributed by atoms with Crippen molar-refractivity contribution in [3.63, 3.8) is 0 Å². The first-order valence-corrected chi connectivity index (χ1v) is 9.21. The number of imidazole rings is 1. The molecule has 0 spiro atoms. The molecular weight excluding hydrogens is 322 g/mol. The number of thioether (sulfide) groups is 1. The van der Waals surface area contributed by atoms with Crippen LogP contribution in [0, 0.1) is 0 Å². The summed E-state index contributed by atoms with van der Waals surface area (Å²) in [6.45, 7) is 0.858. The van der Waals surface area contributed by atoms with Gasteiger partial charge in [0, 0.05) is 18.9 Å². The number of fused-ring (bicyclic) bond motifs is 1. The molecule has 0 aliphatic heterocycles. The van der Waals surface area contributed by atoms with Crippen molar-refractivity contribution in [1.82, 2.24) is 14.5 Å². The van der Waals surface area contributed by atoms with E-state index < -0.39 is 0 Å². The smallest absolute Gasteiger partial charge is 0.151 e. The van der Waals surface area contributed by atoms with Crippen molar-refractivity contribution in [3.05, 3.63) is 78.4 Å². The van der Waals surface area contributed by atoms with Crippen LogP contribution in [-0.2, 0) is 12.3 Å². The fourth-order valence-electron chi connectivity index (χ4n) is 2.44. The monoisotopic (exact) mass is 337 g/mol. The molecule has 2 heterocycles. The lowest BCUT2D eigenvalue weighted by Gasteiger charge is -2.07. The van der Waals surface area contributed by atoms with Gasteiger partial charge < -0.3 is 4.57 Å². The predicted octanol–water partition coefficient (Wildman–Crippen LogP) is 4.83. The Hall–Kier alpha value is -2.11.